The molecule has 7 heteroatoms. The van der Waals surface area contributed by atoms with Crippen molar-refractivity contribution in [3.8, 4) is 0 Å². The van der Waals surface area contributed by atoms with Crippen LogP contribution in [0.5, 0.6) is 0 Å². The van der Waals surface area contributed by atoms with Gasteiger partial charge in [-0.05, 0) is 11.6 Å². The molecule has 1 heterocycles. The molecule has 0 atom stereocenters. The van der Waals surface area contributed by atoms with Gasteiger partial charge in [-0.2, -0.15) is 4.37 Å². The molecule has 1 N–H and O–H groups in total. The summed E-state index contributed by atoms with van der Waals surface area (Å²) in [6.45, 7) is 1.26. The fourth-order valence-corrected chi connectivity index (χ4v) is 2.32. The molecule has 0 spiro atoms. The summed E-state index contributed by atoms with van der Waals surface area (Å²) in [6, 6.07) is 4.91. The number of aromatic nitrogens is 2. The van der Waals surface area contributed by atoms with Crippen molar-refractivity contribution in [2.75, 3.05) is 25.6 Å². The Balaban J connectivity index is 2.01. The molecule has 0 aliphatic carbocycles. The molecule has 0 fully saturated rings. The van der Waals surface area contributed by atoms with E-state index >= 15 is 0 Å². The molecule has 0 amide bonds. The van der Waals surface area contributed by atoms with Gasteiger partial charge in [0.1, 0.15) is 11.6 Å². The maximum atomic E-state index is 13.7. The van der Waals surface area contributed by atoms with Crippen molar-refractivity contribution in [1.29, 1.82) is 0 Å². The summed E-state index contributed by atoms with van der Waals surface area (Å²) in [5, 5.41) is 3.90. The number of hydrogen-bond donors (Lipinski definition) is 1. The van der Waals surface area contributed by atoms with E-state index < -0.39 is 5.82 Å². The smallest absolute Gasteiger partial charge is 0.202 e. The second kappa shape index (κ2) is 6.79. The number of ether oxygens (including phenoxy) is 1. The average molecular weight is 302 g/mol. The van der Waals surface area contributed by atoms with Gasteiger partial charge in [0.25, 0.3) is 0 Å². The number of rotatable bonds is 6. The van der Waals surface area contributed by atoms with Crippen LogP contribution in [-0.4, -0.2) is 29.6 Å². The first-order valence-electron chi connectivity index (χ1n) is 5.69. The van der Waals surface area contributed by atoms with Crippen LogP contribution in [0.3, 0.4) is 0 Å². The summed E-state index contributed by atoms with van der Waals surface area (Å²) in [7, 11) is 1.63. The molecule has 1 aromatic heterocycles. The standard InChI is InChI=1S/C12H13ClFN3OS/c1-18-6-5-15-12-16-10(17-19-12)7-8-3-2-4-9(13)11(8)14/h2-4H,5-7H2,1H3,(H,15,16,17). The van der Waals surface area contributed by atoms with E-state index in [1.165, 1.54) is 17.6 Å². The Morgan fingerprint density at radius 2 is 2.32 bits per heavy atom. The molecular formula is C12H13ClFN3OS. The first-order valence-corrected chi connectivity index (χ1v) is 6.84. The molecule has 4 nitrogen and oxygen atoms in total. The molecule has 0 unspecified atom stereocenters. The number of halogens is 2. The fourth-order valence-electron chi connectivity index (χ4n) is 1.51. The van der Waals surface area contributed by atoms with Crippen molar-refractivity contribution >= 4 is 28.3 Å². The summed E-state index contributed by atoms with van der Waals surface area (Å²) >= 11 is 6.98. The third kappa shape index (κ3) is 3.86. The van der Waals surface area contributed by atoms with E-state index in [0.717, 1.165) is 0 Å². The Bertz CT molecular complexity index is 550. The van der Waals surface area contributed by atoms with Crippen molar-refractivity contribution in [3.05, 3.63) is 40.4 Å². The third-order valence-corrected chi connectivity index (χ3v) is 3.43. The lowest BCUT2D eigenvalue weighted by atomic mass is 10.1. The minimum absolute atomic E-state index is 0.117. The summed E-state index contributed by atoms with van der Waals surface area (Å²) in [4.78, 5) is 4.28. The van der Waals surface area contributed by atoms with E-state index in [-0.39, 0.29) is 5.02 Å². The fraction of sp³-hybridized carbons (Fsp3) is 0.333. The SMILES string of the molecule is COCCNc1nc(Cc2cccc(Cl)c2F)ns1. The molecule has 0 aliphatic heterocycles. The first-order chi connectivity index (χ1) is 9.20. The number of nitrogens with one attached hydrogen (secondary N) is 1. The van der Waals surface area contributed by atoms with Crippen molar-refractivity contribution in [2.45, 2.75) is 6.42 Å². The highest BCUT2D eigenvalue weighted by Crippen LogP contribution is 2.21. The van der Waals surface area contributed by atoms with Gasteiger partial charge in [-0.3, -0.25) is 0 Å². The first kappa shape index (κ1) is 14.2. The molecule has 1 aromatic carbocycles. The quantitative estimate of drug-likeness (QED) is 0.833. The molecule has 2 rings (SSSR count). The van der Waals surface area contributed by atoms with Crippen molar-refractivity contribution in [2.24, 2.45) is 0 Å². The number of anilines is 1. The topological polar surface area (TPSA) is 47.0 Å². The van der Waals surface area contributed by atoms with E-state index in [9.17, 15) is 4.39 Å². The lowest BCUT2D eigenvalue weighted by Crippen LogP contribution is -2.07. The largest absolute Gasteiger partial charge is 0.383 e. The monoisotopic (exact) mass is 301 g/mol. The van der Waals surface area contributed by atoms with Crippen molar-refractivity contribution in [3.63, 3.8) is 0 Å². The minimum Gasteiger partial charge on any atom is -0.383 e. The van der Waals surface area contributed by atoms with Crippen molar-refractivity contribution in [1.82, 2.24) is 9.36 Å². The molecule has 0 saturated carbocycles. The van der Waals surface area contributed by atoms with E-state index in [0.29, 0.717) is 36.1 Å². The molecule has 0 saturated heterocycles. The predicted molar refractivity (Wildman–Crippen MR) is 74.5 cm³/mol. The maximum absolute atomic E-state index is 13.7. The zero-order valence-corrected chi connectivity index (χ0v) is 11.9. The second-order valence-corrected chi connectivity index (χ2v) is 4.98. The van der Waals surface area contributed by atoms with Gasteiger partial charge in [0, 0.05) is 31.6 Å². The second-order valence-electron chi connectivity index (χ2n) is 3.83. The molecule has 0 aliphatic rings. The van der Waals surface area contributed by atoms with Gasteiger partial charge in [0.2, 0.25) is 5.13 Å². The van der Waals surface area contributed by atoms with Crippen molar-refractivity contribution < 1.29 is 9.13 Å². The molecule has 19 heavy (non-hydrogen) atoms. The minimum atomic E-state index is -0.409. The number of methoxy groups -OCH3 is 1. The Kier molecular flexibility index (Phi) is 5.07. The maximum Gasteiger partial charge on any atom is 0.202 e. The van der Waals surface area contributed by atoms with Crippen LogP contribution in [0, 0.1) is 5.82 Å². The zero-order chi connectivity index (χ0) is 13.7. The molecule has 2 aromatic rings. The molecule has 0 bridgehead atoms. The number of benzene rings is 1. The number of hydrogen-bond acceptors (Lipinski definition) is 5. The highest BCUT2D eigenvalue weighted by Gasteiger charge is 2.10. The van der Waals surface area contributed by atoms with Gasteiger partial charge in [-0.1, -0.05) is 23.7 Å². The lowest BCUT2D eigenvalue weighted by Gasteiger charge is -2.01. The van der Waals surface area contributed by atoms with E-state index in [1.54, 1.807) is 19.2 Å². The normalized spacial score (nSPS) is 10.7. The van der Waals surface area contributed by atoms with Gasteiger partial charge < -0.3 is 10.1 Å². The molecule has 102 valence electrons. The van der Waals surface area contributed by atoms with Crippen LogP contribution in [0.25, 0.3) is 0 Å². The van der Waals surface area contributed by atoms with Crippen LogP contribution < -0.4 is 5.32 Å². The predicted octanol–water partition coefficient (Wildman–Crippen LogP) is 2.98. The highest BCUT2D eigenvalue weighted by atomic mass is 35.5. The summed E-state index contributed by atoms with van der Waals surface area (Å²) in [5.74, 6) is 0.166. The Labute approximate surface area is 119 Å². The van der Waals surface area contributed by atoms with Gasteiger partial charge in [0.05, 0.1) is 11.6 Å². The van der Waals surface area contributed by atoms with Crippen LogP contribution in [0.4, 0.5) is 9.52 Å². The Morgan fingerprint density at radius 1 is 1.47 bits per heavy atom. The van der Waals surface area contributed by atoms with Crippen LogP contribution in [0.15, 0.2) is 18.2 Å². The molecular weight excluding hydrogens is 289 g/mol. The summed E-state index contributed by atoms with van der Waals surface area (Å²) in [6.07, 6.45) is 0.328. The van der Waals surface area contributed by atoms with E-state index in [2.05, 4.69) is 14.7 Å². The van der Waals surface area contributed by atoms with Crippen LogP contribution in [0.2, 0.25) is 5.02 Å². The molecule has 0 radical (unpaired) electrons. The van der Waals surface area contributed by atoms with Crippen LogP contribution >= 0.6 is 23.1 Å². The number of nitrogens with zero attached hydrogens (tertiary/aromatic N) is 2. The Morgan fingerprint density at radius 3 is 3.11 bits per heavy atom. The Hall–Kier alpha value is -1.24. The van der Waals surface area contributed by atoms with Crippen LogP contribution in [0.1, 0.15) is 11.4 Å². The average Bonchev–Trinajstić information content (AvgIpc) is 2.83. The lowest BCUT2D eigenvalue weighted by molar-refractivity contribution is 0.211. The summed E-state index contributed by atoms with van der Waals surface area (Å²) in [5.41, 5.74) is 0.494. The van der Waals surface area contributed by atoms with Crippen LogP contribution in [-0.2, 0) is 11.2 Å². The van der Waals surface area contributed by atoms with Gasteiger partial charge in [0.15, 0.2) is 0 Å². The van der Waals surface area contributed by atoms with Gasteiger partial charge in [-0.15, -0.1) is 0 Å². The third-order valence-electron chi connectivity index (χ3n) is 2.43. The highest BCUT2D eigenvalue weighted by molar-refractivity contribution is 7.09. The van der Waals surface area contributed by atoms with E-state index in [1.807, 2.05) is 0 Å². The van der Waals surface area contributed by atoms with E-state index in [4.69, 9.17) is 16.3 Å². The van der Waals surface area contributed by atoms with Gasteiger partial charge >= 0.3 is 0 Å². The van der Waals surface area contributed by atoms with Gasteiger partial charge in [-0.25, -0.2) is 9.37 Å². The summed E-state index contributed by atoms with van der Waals surface area (Å²) < 4.78 is 22.8. The zero-order valence-electron chi connectivity index (χ0n) is 10.3.